The first-order valence-corrected chi connectivity index (χ1v) is 29.0. The number of rotatable bonds is 7. The molecule has 0 saturated carbocycles. The number of aromatic nitrogens is 2. The zero-order valence-corrected chi connectivity index (χ0v) is 49.4. The Morgan fingerprint density at radius 1 is 0.514 bits per heavy atom. The molecule has 5 nitrogen and oxygen atoms in total. The normalized spacial score (nSPS) is 13.8. The first-order chi connectivity index (χ1) is 32.9. The predicted octanol–water partition coefficient (Wildman–Crippen LogP) is 17.7. The molecule has 9 rings (SSSR count). The zero-order chi connectivity index (χ0) is 51.4. The van der Waals surface area contributed by atoms with Gasteiger partial charge in [0.15, 0.2) is 0 Å². The molecule has 2 aromatic heterocycles. The average molecular weight is 1150 g/mol. The van der Waals surface area contributed by atoms with Crippen molar-refractivity contribution in [2.24, 2.45) is 0 Å². The smallest absolute Gasteiger partial charge is 0.135 e. The molecular formula is C65H75N4OPtSi-3. The Balaban J connectivity index is 0.00000693. The van der Waals surface area contributed by atoms with Gasteiger partial charge >= 0.3 is 0 Å². The summed E-state index contributed by atoms with van der Waals surface area (Å²) < 4.78 is 9.08. The third-order valence-corrected chi connectivity index (χ3v) is 16.2. The first kappa shape index (κ1) is 52.9. The summed E-state index contributed by atoms with van der Waals surface area (Å²) in [5.41, 5.74) is 15.3. The van der Waals surface area contributed by atoms with Crippen molar-refractivity contribution in [3.8, 4) is 28.4 Å². The molecule has 0 radical (unpaired) electrons. The molecule has 0 aliphatic carbocycles. The fraction of sp³-hybridized carbons (Fsp3) is 0.354. The van der Waals surface area contributed by atoms with E-state index in [9.17, 15) is 0 Å². The minimum absolute atomic E-state index is 0. The minimum Gasteiger partial charge on any atom is -0.509 e. The van der Waals surface area contributed by atoms with E-state index in [0.29, 0.717) is 11.5 Å². The van der Waals surface area contributed by atoms with E-state index in [1.54, 1.807) is 0 Å². The summed E-state index contributed by atoms with van der Waals surface area (Å²) in [5, 5.41) is 3.65. The van der Waals surface area contributed by atoms with Gasteiger partial charge in [0.05, 0.1) is 8.07 Å². The molecule has 0 spiro atoms. The van der Waals surface area contributed by atoms with Crippen LogP contribution in [0.25, 0.3) is 38.8 Å². The van der Waals surface area contributed by atoms with Gasteiger partial charge in [-0.25, -0.2) is 4.98 Å². The molecule has 0 N–H and O–H groups in total. The molecular weight excluding hydrogens is 1080 g/mol. The van der Waals surface area contributed by atoms with Crippen LogP contribution in [0.15, 0.2) is 121 Å². The van der Waals surface area contributed by atoms with Crippen molar-refractivity contribution in [2.45, 2.75) is 151 Å². The van der Waals surface area contributed by atoms with Crippen LogP contribution in [-0.2, 0) is 48.1 Å². The largest absolute Gasteiger partial charge is 0.509 e. The van der Waals surface area contributed by atoms with Crippen LogP contribution in [0.3, 0.4) is 0 Å². The Morgan fingerprint density at radius 3 is 1.67 bits per heavy atom. The van der Waals surface area contributed by atoms with Crippen molar-refractivity contribution >= 4 is 57.8 Å². The molecule has 0 fully saturated rings. The van der Waals surface area contributed by atoms with Crippen molar-refractivity contribution in [1.29, 1.82) is 0 Å². The van der Waals surface area contributed by atoms with E-state index < -0.39 is 8.07 Å². The molecule has 8 aromatic rings. The summed E-state index contributed by atoms with van der Waals surface area (Å²) in [7, 11) is -1.81. The summed E-state index contributed by atoms with van der Waals surface area (Å²) in [6, 6.07) is 50.2. The topological polar surface area (TPSA) is 33.5 Å². The van der Waals surface area contributed by atoms with Crippen LogP contribution in [0.5, 0.6) is 11.5 Å². The Hall–Kier alpha value is -5.42. The second-order valence-electron chi connectivity index (χ2n) is 26.2. The van der Waals surface area contributed by atoms with Gasteiger partial charge in [-0.3, -0.25) is 0 Å². The van der Waals surface area contributed by atoms with Gasteiger partial charge in [-0.2, -0.15) is 12.1 Å². The number of fused-ring (bicyclic) bond motifs is 4. The van der Waals surface area contributed by atoms with Crippen LogP contribution >= 0.6 is 0 Å². The van der Waals surface area contributed by atoms with Crippen LogP contribution in [0.2, 0.25) is 19.6 Å². The molecule has 0 bridgehead atoms. The number of para-hydroxylation sites is 1. The van der Waals surface area contributed by atoms with Crippen LogP contribution < -0.4 is 19.7 Å². The molecule has 0 amide bonds. The van der Waals surface area contributed by atoms with Crippen LogP contribution in [-0.4, -0.2) is 17.6 Å². The SMILES string of the molecule is CC(C)(C)c1cc(-c2ccc3c(c2)c2ccc(Oc4[c-]c(N5[CH-]N(c6cc(C(C)(C)C)cc(C(C)(C)C)c6)c6c5cccc6[Si](C)(C)C)ccc4)[c-]c2n3-c2cc(C(C)(C)C)ccn2)cc(C(C)(C)C)c1.[Pt]. The predicted molar refractivity (Wildman–Crippen MR) is 306 cm³/mol. The standard InChI is InChI=1S/C65H75N4OSi.Pt/c1-61(2,3)44-29-30-66-59(38-44)69-55-28-25-42(43-31-45(62(4,5)6)34-46(32-43)63(7,8)9)33-54(55)53-27-26-52(40-57(53)69)70-51-22-19-21-49(39-51)67-41-68(60-56(67)23-20-24-58(60)71(16,17)18)50-36-47(64(10,11)12)35-48(37-50)65(13,14)15;/h19-38,41H,1-18H3;/q-3;. The van der Waals surface area contributed by atoms with Crippen molar-refractivity contribution in [3.05, 3.63) is 168 Å². The molecule has 3 heterocycles. The Bertz CT molecular complexity index is 3280. The number of pyridine rings is 1. The maximum Gasteiger partial charge on any atom is 0.135 e. The van der Waals surface area contributed by atoms with E-state index in [1.165, 1.54) is 55.5 Å². The molecule has 378 valence electrons. The van der Waals surface area contributed by atoms with E-state index >= 15 is 0 Å². The van der Waals surface area contributed by atoms with Gasteiger partial charge < -0.3 is 19.1 Å². The molecule has 72 heavy (non-hydrogen) atoms. The molecule has 1 aliphatic rings. The van der Waals surface area contributed by atoms with Crippen LogP contribution in [0.4, 0.5) is 22.7 Å². The average Bonchev–Trinajstić information content (AvgIpc) is 3.83. The van der Waals surface area contributed by atoms with E-state index in [-0.39, 0.29) is 48.1 Å². The van der Waals surface area contributed by atoms with Crippen molar-refractivity contribution in [1.82, 2.24) is 9.55 Å². The van der Waals surface area contributed by atoms with E-state index in [1.807, 2.05) is 18.3 Å². The third kappa shape index (κ3) is 10.4. The minimum atomic E-state index is -1.81. The molecule has 1 aliphatic heterocycles. The van der Waals surface area contributed by atoms with E-state index in [0.717, 1.165) is 39.0 Å². The van der Waals surface area contributed by atoms with Crippen molar-refractivity contribution in [2.75, 3.05) is 9.80 Å². The van der Waals surface area contributed by atoms with Crippen LogP contribution in [0, 0.1) is 18.8 Å². The van der Waals surface area contributed by atoms with Gasteiger partial charge in [-0.15, -0.1) is 48.1 Å². The zero-order valence-electron chi connectivity index (χ0n) is 46.1. The maximum absolute atomic E-state index is 6.83. The molecule has 6 aromatic carbocycles. The monoisotopic (exact) mass is 1150 g/mol. The number of benzene rings is 6. The summed E-state index contributed by atoms with van der Waals surface area (Å²) in [6.07, 6.45) is 1.93. The summed E-state index contributed by atoms with van der Waals surface area (Å²) >= 11 is 0. The number of nitrogens with zero attached hydrogens (tertiary/aromatic N) is 4. The van der Waals surface area contributed by atoms with Crippen molar-refractivity contribution in [3.63, 3.8) is 0 Å². The van der Waals surface area contributed by atoms with E-state index in [4.69, 9.17) is 9.72 Å². The quantitative estimate of drug-likeness (QED) is 0.118. The van der Waals surface area contributed by atoms with Gasteiger partial charge in [0.25, 0.3) is 0 Å². The third-order valence-electron chi connectivity index (χ3n) is 14.2. The van der Waals surface area contributed by atoms with Gasteiger partial charge in [-0.1, -0.05) is 178 Å². The Kier molecular flexibility index (Phi) is 13.6. The second-order valence-corrected chi connectivity index (χ2v) is 31.2. The first-order valence-electron chi connectivity index (χ1n) is 25.5. The molecule has 7 heteroatoms. The van der Waals surface area contributed by atoms with Crippen molar-refractivity contribution < 1.29 is 25.8 Å². The maximum atomic E-state index is 6.83. The number of anilines is 4. The summed E-state index contributed by atoms with van der Waals surface area (Å²) in [5.74, 6) is 2.07. The molecule has 0 saturated heterocycles. The number of hydrogen-bond acceptors (Lipinski definition) is 4. The van der Waals surface area contributed by atoms with E-state index in [2.05, 4.69) is 260 Å². The molecule has 0 atom stereocenters. The fourth-order valence-electron chi connectivity index (χ4n) is 9.65. The van der Waals surface area contributed by atoms with Gasteiger partial charge in [0.1, 0.15) is 5.82 Å². The summed E-state index contributed by atoms with van der Waals surface area (Å²) in [4.78, 5) is 9.72. The van der Waals surface area contributed by atoms with Gasteiger partial charge in [-0.05, 0) is 113 Å². The fourth-order valence-corrected chi connectivity index (χ4v) is 11.2. The number of ether oxygens (including phenoxy) is 1. The van der Waals surface area contributed by atoms with Crippen LogP contribution in [0.1, 0.15) is 132 Å². The van der Waals surface area contributed by atoms with Gasteiger partial charge in [0, 0.05) is 61.3 Å². The summed E-state index contributed by atoms with van der Waals surface area (Å²) in [6.45, 7) is 44.0. The molecule has 0 unspecified atom stereocenters. The second kappa shape index (κ2) is 18.5. The number of hydrogen-bond donors (Lipinski definition) is 0. The Labute approximate surface area is 447 Å². The van der Waals surface area contributed by atoms with Gasteiger partial charge in [0.2, 0.25) is 0 Å². The Morgan fingerprint density at radius 2 is 1.08 bits per heavy atom.